The van der Waals surface area contributed by atoms with Gasteiger partial charge in [-0.2, -0.15) is 0 Å². The first-order valence-electron chi connectivity index (χ1n) is 8.21. The molecule has 1 aromatic heterocycles. The Bertz CT molecular complexity index is 610. The molecule has 0 unspecified atom stereocenters. The molecule has 0 saturated heterocycles. The van der Waals surface area contributed by atoms with E-state index in [9.17, 15) is 0 Å². The lowest BCUT2D eigenvalue weighted by atomic mass is 10.1. The second kappa shape index (κ2) is 11.1. The smallest absolute Gasteiger partial charge is 0.226 e. The molecule has 0 fully saturated rings. The number of halogens is 1. The summed E-state index contributed by atoms with van der Waals surface area (Å²) < 4.78 is 5.53. The van der Waals surface area contributed by atoms with Crippen LogP contribution in [-0.4, -0.2) is 24.0 Å². The largest absolute Gasteiger partial charge is 0.444 e. The number of guanidine groups is 1. The quantitative estimate of drug-likeness (QED) is 0.386. The lowest BCUT2D eigenvalue weighted by Crippen LogP contribution is -2.38. The van der Waals surface area contributed by atoms with Gasteiger partial charge in [-0.25, -0.2) is 9.98 Å². The van der Waals surface area contributed by atoms with Crippen molar-refractivity contribution in [2.75, 3.05) is 13.1 Å². The molecule has 2 rings (SSSR count). The monoisotopic (exact) mass is 442 g/mol. The number of oxazole rings is 1. The Hall–Kier alpha value is -1.57. The Labute approximate surface area is 161 Å². The molecule has 0 amide bonds. The molecule has 1 aromatic carbocycles. The van der Waals surface area contributed by atoms with Gasteiger partial charge < -0.3 is 15.1 Å². The minimum absolute atomic E-state index is 0. The number of hydrogen-bond acceptors (Lipinski definition) is 3. The average Bonchev–Trinajstić information content (AvgIpc) is 3.02. The SMILES string of the molecule is CCNC(=NCc1coc(-c2ccccc2)n1)NCCC(C)C.I. The van der Waals surface area contributed by atoms with E-state index < -0.39 is 0 Å². The van der Waals surface area contributed by atoms with Gasteiger partial charge in [0.2, 0.25) is 5.89 Å². The van der Waals surface area contributed by atoms with Crippen LogP contribution in [0.4, 0.5) is 0 Å². The zero-order valence-corrected chi connectivity index (χ0v) is 16.9. The average molecular weight is 442 g/mol. The van der Waals surface area contributed by atoms with E-state index in [1.54, 1.807) is 6.26 Å². The predicted octanol–water partition coefficient (Wildman–Crippen LogP) is 4.06. The lowest BCUT2D eigenvalue weighted by Gasteiger charge is -2.11. The molecule has 6 heteroatoms. The Morgan fingerprint density at radius 1 is 1.21 bits per heavy atom. The molecule has 0 atom stereocenters. The topological polar surface area (TPSA) is 62.5 Å². The minimum atomic E-state index is 0. The number of aromatic nitrogens is 1. The highest BCUT2D eigenvalue weighted by Gasteiger charge is 2.06. The number of aliphatic imine (C=N–C) groups is 1. The summed E-state index contributed by atoms with van der Waals surface area (Å²) in [5.74, 6) is 2.13. The van der Waals surface area contributed by atoms with Gasteiger partial charge >= 0.3 is 0 Å². The van der Waals surface area contributed by atoms with E-state index in [2.05, 4.69) is 41.4 Å². The molecule has 0 radical (unpaired) electrons. The molecule has 0 spiro atoms. The van der Waals surface area contributed by atoms with Crippen LogP contribution in [0.15, 0.2) is 46.0 Å². The van der Waals surface area contributed by atoms with Gasteiger partial charge in [-0.1, -0.05) is 32.0 Å². The van der Waals surface area contributed by atoms with Crippen molar-refractivity contribution >= 4 is 29.9 Å². The molecule has 1 heterocycles. The molecular formula is C18H27IN4O. The van der Waals surface area contributed by atoms with Crippen molar-refractivity contribution in [1.82, 2.24) is 15.6 Å². The van der Waals surface area contributed by atoms with Gasteiger partial charge in [0.25, 0.3) is 0 Å². The van der Waals surface area contributed by atoms with Crippen molar-refractivity contribution in [3.8, 4) is 11.5 Å². The Kier molecular flexibility index (Phi) is 9.44. The molecule has 0 aliphatic rings. The first kappa shape index (κ1) is 20.5. The number of rotatable bonds is 7. The fraction of sp³-hybridized carbons (Fsp3) is 0.444. The highest BCUT2D eigenvalue weighted by molar-refractivity contribution is 14.0. The van der Waals surface area contributed by atoms with Crippen LogP contribution in [0.2, 0.25) is 0 Å². The van der Waals surface area contributed by atoms with E-state index in [0.29, 0.717) is 18.4 Å². The molecule has 0 bridgehead atoms. The Balaban J connectivity index is 0.00000288. The van der Waals surface area contributed by atoms with Crippen molar-refractivity contribution < 1.29 is 4.42 Å². The van der Waals surface area contributed by atoms with Gasteiger partial charge in [0.1, 0.15) is 12.0 Å². The van der Waals surface area contributed by atoms with E-state index in [1.807, 2.05) is 30.3 Å². The van der Waals surface area contributed by atoms with Gasteiger partial charge in [-0.15, -0.1) is 24.0 Å². The highest BCUT2D eigenvalue weighted by Crippen LogP contribution is 2.18. The highest BCUT2D eigenvalue weighted by atomic mass is 127. The zero-order valence-electron chi connectivity index (χ0n) is 14.6. The van der Waals surface area contributed by atoms with Gasteiger partial charge in [-0.3, -0.25) is 0 Å². The van der Waals surface area contributed by atoms with E-state index in [-0.39, 0.29) is 24.0 Å². The molecule has 24 heavy (non-hydrogen) atoms. The second-order valence-electron chi connectivity index (χ2n) is 5.81. The standard InChI is InChI=1S/C18H26N4O.HI/c1-4-19-18(20-11-10-14(2)3)21-12-16-13-23-17(22-16)15-8-6-5-7-9-15;/h5-9,13-14H,4,10-12H2,1-3H3,(H2,19,20,21);1H. The summed E-state index contributed by atoms with van der Waals surface area (Å²) in [5, 5.41) is 6.59. The summed E-state index contributed by atoms with van der Waals surface area (Å²) in [7, 11) is 0. The molecule has 0 aliphatic heterocycles. The number of nitrogens with one attached hydrogen (secondary N) is 2. The third kappa shape index (κ3) is 6.90. The predicted molar refractivity (Wildman–Crippen MR) is 110 cm³/mol. The van der Waals surface area contributed by atoms with E-state index >= 15 is 0 Å². The van der Waals surface area contributed by atoms with Crippen LogP contribution < -0.4 is 10.6 Å². The van der Waals surface area contributed by atoms with Crippen LogP contribution in [0, 0.1) is 5.92 Å². The fourth-order valence-electron chi connectivity index (χ4n) is 2.07. The van der Waals surface area contributed by atoms with Crippen LogP contribution >= 0.6 is 24.0 Å². The van der Waals surface area contributed by atoms with Gasteiger partial charge in [0.15, 0.2) is 5.96 Å². The van der Waals surface area contributed by atoms with Gasteiger partial charge in [0.05, 0.1) is 6.54 Å². The first-order valence-corrected chi connectivity index (χ1v) is 8.21. The molecule has 0 aliphatic carbocycles. The van der Waals surface area contributed by atoms with Crippen molar-refractivity contribution in [2.45, 2.75) is 33.7 Å². The Morgan fingerprint density at radius 3 is 2.62 bits per heavy atom. The lowest BCUT2D eigenvalue weighted by molar-refractivity contribution is 0.571. The van der Waals surface area contributed by atoms with Crippen molar-refractivity contribution in [2.24, 2.45) is 10.9 Å². The summed E-state index contributed by atoms with van der Waals surface area (Å²) in [6, 6.07) is 9.88. The van der Waals surface area contributed by atoms with Crippen LogP contribution in [0.5, 0.6) is 0 Å². The maximum absolute atomic E-state index is 5.53. The summed E-state index contributed by atoms with van der Waals surface area (Å²) in [6.45, 7) is 8.73. The fourth-order valence-corrected chi connectivity index (χ4v) is 2.07. The van der Waals surface area contributed by atoms with Crippen LogP contribution in [0.3, 0.4) is 0 Å². The summed E-state index contributed by atoms with van der Waals surface area (Å²) in [5.41, 5.74) is 1.80. The van der Waals surface area contributed by atoms with Crippen molar-refractivity contribution in [3.63, 3.8) is 0 Å². The third-order valence-electron chi connectivity index (χ3n) is 3.33. The zero-order chi connectivity index (χ0) is 16.5. The normalized spacial score (nSPS) is 11.2. The van der Waals surface area contributed by atoms with Gasteiger partial charge in [0, 0.05) is 18.7 Å². The van der Waals surface area contributed by atoms with Gasteiger partial charge in [-0.05, 0) is 31.4 Å². The summed E-state index contributed by atoms with van der Waals surface area (Å²) >= 11 is 0. The summed E-state index contributed by atoms with van der Waals surface area (Å²) in [6.07, 6.45) is 2.79. The molecule has 5 nitrogen and oxygen atoms in total. The van der Waals surface area contributed by atoms with E-state index in [1.165, 1.54) is 0 Å². The number of nitrogens with zero attached hydrogens (tertiary/aromatic N) is 2. The molecule has 2 N–H and O–H groups in total. The molecule has 132 valence electrons. The molecule has 0 saturated carbocycles. The van der Waals surface area contributed by atoms with Crippen molar-refractivity contribution in [1.29, 1.82) is 0 Å². The second-order valence-corrected chi connectivity index (χ2v) is 5.81. The number of hydrogen-bond donors (Lipinski definition) is 2. The van der Waals surface area contributed by atoms with Crippen LogP contribution in [0.25, 0.3) is 11.5 Å². The third-order valence-corrected chi connectivity index (χ3v) is 3.33. The van der Waals surface area contributed by atoms with E-state index in [0.717, 1.165) is 36.7 Å². The van der Waals surface area contributed by atoms with Crippen molar-refractivity contribution in [3.05, 3.63) is 42.3 Å². The number of benzene rings is 1. The van der Waals surface area contributed by atoms with Crippen LogP contribution in [0.1, 0.15) is 32.9 Å². The first-order chi connectivity index (χ1) is 11.2. The van der Waals surface area contributed by atoms with Crippen LogP contribution in [-0.2, 0) is 6.54 Å². The minimum Gasteiger partial charge on any atom is -0.444 e. The summed E-state index contributed by atoms with van der Waals surface area (Å²) in [4.78, 5) is 9.05. The van der Waals surface area contributed by atoms with E-state index in [4.69, 9.17) is 4.42 Å². The maximum atomic E-state index is 5.53. The molecular weight excluding hydrogens is 415 g/mol. The molecule has 2 aromatic rings. The Morgan fingerprint density at radius 2 is 1.96 bits per heavy atom. The maximum Gasteiger partial charge on any atom is 0.226 e.